The summed E-state index contributed by atoms with van der Waals surface area (Å²) in [6.45, 7) is 7.05. The molecule has 0 radical (unpaired) electrons. The first-order chi connectivity index (χ1) is 9.11. The lowest BCUT2D eigenvalue weighted by atomic mass is 9.95. The third-order valence-electron chi connectivity index (χ3n) is 4.84. The van der Waals surface area contributed by atoms with Crippen LogP contribution in [0.25, 0.3) is 0 Å². The van der Waals surface area contributed by atoms with Gasteiger partial charge in [-0.25, -0.2) is 0 Å². The number of carbonyl (C=O) groups excluding carboxylic acids is 1. The molecule has 4 nitrogen and oxygen atoms in total. The molecule has 1 saturated carbocycles. The van der Waals surface area contributed by atoms with Crippen molar-refractivity contribution in [3.05, 3.63) is 0 Å². The van der Waals surface area contributed by atoms with Crippen LogP contribution in [0.1, 0.15) is 46.0 Å². The largest absolute Gasteiger partial charge is 0.465 e. The van der Waals surface area contributed by atoms with Gasteiger partial charge in [0, 0.05) is 12.6 Å². The molecule has 0 bridgehead atoms. The van der Waals surface area contributed by atoms with Crippen LogP contribution in [0, 0.1) is 5.92 Å². The van der Waals surface area contributed by atoms with E-state index in [1.54, 1.807) is 0 Å². The van der Waals surface area contributed by atoms with E-state index in [4.69, 9.17) is 4.74 Å². The molecule has 3 atom stereocenters. The summed E-state index contributed by atoms with van der Waals surface area (Å²) < 4.78 is 5.26. The second-order valence-corrected chi connectivity index (χ2v) is 6.19. The Hall–Kier alpha value is -0.610. The Morgan fingerprint density at radius 3 is 2.89 bits per heavy atom. The summed E-state index contributed by atoms with van der Waals surface area (Å²) in [7, 11) is 1.89. The number of esters is 1. The molecule has 1 aliphatic heterocycles. The fraction of sp³-hybridized carbons (Fsp3) is 0.933. The molecule has 2 aliphatic rings. The Balaban J connectivity index is 1.98. The highest BCUT2D eigenvalue weighted by molar-refractivity contribution is 5.81. The van der Waals surface area contributed by atoms with E-state index in [0.29, 0.717) is 12.6 Å². The molecule has 0 aromatic heterocycles. The molecular weight excluding hydrogens is 240 g/mol. The highest BCUT2D eigenvalue weighted by atomic mass is 16.5. The molecular formula is C15H28N2O2. The molecule has 2 fully saturated rings. The van der Waals surface area contributed by atoms with Crippen molar-refractivity contribution in [1.82, 2.24) is 10.2 Å². The van der Waals surface area contributed by atoms with Crippen LogP contribution < -0.4 is 5.32 Å². The predicted octanol–water partition coefficient (Wildman–Crippen LogP) is 1.79. The van der Waals surface area contributed by atoms with Crippen LogP contribution in [0.15, 0.2) is 0 Å². The van der Waals surface area contributed by atoms with Gasteiger partial charge in [0.1, 0.15) is 5.54 Å². The van der Waals surface area contributed by atoms with Gasteiger partial charge in [0.15, 0.2) is 0 Å². The zero-order chi connectivity index (χ0) is 13.9. The normalized spacial score (nSPS) is 36.4. The summed E-state index contributed by atoms with van der Waals surface area (Å²) in [6, 6.07) is 0.541. The minimum Gasteiger partial charge on any atom is -0.465 e. The lowest BCUT2D eigenvalue weighted by Gasteiger charge is -2.36. The minimum atomic E-state index is -0.443. The van der Waals surface area contributed by atoms with Gasteiger partial charge >= 0.3 is 5.97 Å². The maximum Gasteiger partial charge on any atom is 0.326 e. The second kappa shape index (κ2) is 6.23. The summed E-state index contributed by atoms with van der Waals surface area (Å²) in [5.41, 5.74) is -0.443. The van der Waals surface area contributed by atoms with Gasteiger partial charge in [0.05, 0.1) is 6.61 Å². The molecule has 19 heavy (non-hydrogen) atoms. The number of hydrogen-bond donors (Lipinski definition) is 1. The zero-order valence-corrected chi connectivity index (χ0v) is 12.6. The molecule has 1 heterocycles. The van der Waals surface area contributed by atoms with Gasteiger partial charge in [0.25, 0.3) is 0 Å². The highest BCUT2D eigenvalue weighted by Gasteiger charge is 2.47. The lowest BCUT2D eigenvalue weighted by molar-refractivity contribution is -0.151. The number of carbonyl (C=O) groups is 1. The smallest absolute Gasteiger partial charge is 0.326 e. The molecule has 0 aromatic carbocycles. The van der Waals surface area contributed by atoms with Crippen molar-refractivity contribution < 1.29 is 9.53 Å². The molecule has 110 valence electrons. The number of nitrogens with zero attached hydrogens (tertiary/aromatic N) is 1. The van der Waals surface area contributed by atoms with Crippen LogP contribution in [0.4, 0.5) is 0 Å². The van der Waals surface area contributed by atoms with Crippen molar-refractivity contribution in [1.29, 1.82) is 0 Å². The van der Waals surface area contributed by atoms with Gasteiger partial charge in [-0.2, -0.15) is 0 Å². The van der Waals surface area contributed by atoms with E-state index in [1.807, 2.05) is 14.0 Å². The van der Waals surface area contributed by atoms with Crippen LogP contribution in [-0.2, 0) is 9.53 Å². The van der Waals surface area contributed by atoms with E-state index in [9.17, 15) is 4.79 Å². The van der Waals surface area contributed by atoms with Crippen molar-refractivity contribution in [2.45, 2.75) is 57.5 Å². The molecule has 1 saturated heterocycles. The first kappa shape index (κ1) is 14.8. The van der Waals surface area contributed by atoms with Crippen LogP contribution >= 0.6 is 0 Å². The molecule has 2 rings (SSSR count). The number of likely N-dealkylation sites (N-methyl/N-ethyl adjacent to an activating group) is 1. The minimum absolute atomic E-state index is 0.0648. The van der Waals surface area contributed by atoms with Crippen LogP contribution in [-0.4, -0.2) is 49.2 Å². The van der Waals surface area contributed by atoms with Crippen molar-refractivity contribution in [3.63, 3.8) is 0 Å². The lowest BCUT2D eigenvalue weighted by Crippen LogP contribution is -2.51. The average Bonchev–Trinajstić information content (AvgIpc) is 2.85. The first-order valence-corrected chi connectivity index (χ1v) is 7.71. The Bertz CT molecular complexity index is 321. The molecule has 1 aliphatic carbocycles. The fourth-order valence-electron chi connectivity index (χ4n) is 3.67. The van der Waals surface area contributed by atoms with Crippen molar-refractivity contribution in [2.24, 2.45) is 5.92 Å². The predicted molar refractivity (Wildman–Crippen MR) is 76.0 cm³/mol. The van der Waals surface area contributed by atoms with Crippen molar-refractivity contribution in [3.8, 4) is 0 Å². The SMILES string of the molecule is CCOC(=O)C1(NC)CCC(N2CCCC(C)C2)C1. The molecule has 1 N–H and O–H groups in total. The average molecular weight is 268 g/mol. The Morgan fingerprint density at radius 1 is 1.47 bits per heavy atom. The fourth-order valence-corrected chi connectivity index (χ4v) is 3.67. The summed E-state index contributed by atoms with van der Waals surface area (Å²) in [5, 5.41) is 3.24. The van der Waals surface area contributed by atoms with Crippen molar-refractivity contribution >= 4 is 5.97 Å². The Kier molecular flexibility index (Phi) is 4.85. The zero-order valence-electron chi connectivity index (χ0n) is 12.6. The monoisotopic (exact) mass is 268 g/mol. The highest BCUT2D eigenvalue weighted by Crippen LogP contribution is 2.35. The first-order valence-electron chi connectivity index (χ1n) is 7.71. The van der Waals surface area contributed by atoms with E-state index < -0.39 is 5.54 Å². The van der Waals surface area contributed by atoms with Gasteiger partial charge in [0.2, 0.25) is 0 Å². The van der Waals surface area contributed by atoms with E-state index >= 15 is 0 Å². The van der Waals surface area contributed by atoms with Gasteiger partial charge in [-0.3, -0.25) is 4.79 Å². The number of ether oxygens (including phenoxy) is 1. The van der Waals surface area contributed by atoms with E-state index in [2.05, 4.69) is 17.1 Å². The summed E-state index contributed by atoms with van der Waals surface area (Å²) >= 11 is 0. The number of likely N-dealkylation sites (tertiary alicyclic amines) is 1. The number of piperidine rings is 1. The van der Waals surface area contributed by atoms with Gasteiger partial charge in [-0.15, -0.1) is 0 Å². The van der Waals surface area contributed by atoms with Gasteiger partial charge in [-0.1, -0.05) is 6.92 Å². The number of nitrogens with one attached hydrogen (secondary N) is 1. The molecule has 0 aromatic rings. The Morgan fingerprint density at radius 2 is 2.26 bits per heavy atom. The second-order valence-electron chi connectivity index (χ2n) is 6.19. The maximum absolute atomic E-state index is 12.2. The molecule has 3 unspecified atom stereocenters. The van der Waals surface area contributed by atoms with E-state index in [1.165, 1.54) is 25.9 Å². The van der Waals surface area contributed by atoms with E-state index in [0.717, 1.165) is 25.2 Å². The van der Waals surface area contributed by atoms with Crippen LogP contribution in [0.2, 0.25) is 0 Å². The molecule has 0 spiro atoms. The Labute approximate surface area is 116 Å². The number of rotatable bonds is 4. The van der Waals surface area contributed by atoms with Crippen LogP contribution in [0.3, 0.4) is 0 Å². The standard InChI is InChI=1S/C15H28N2O2/c1-4-19-14(18)15(16-3)8-7-13(10-15)17-9-5-6-12(2)11-17/h12-13,16H,4-11H2,1-3H3. The van der Waals surface area contributed by atoms with Crippen LogP contribution in [0.5, 0.6) is 0 Å². The maximum atomic E-state index is 12.2. The van der Waals surface area contributed by atoms with Crippen molar-refractivity contribution in [2.75, 3.05) is 26.7 Å². The topological polar surface area (TPSA) is 41.6 Å². The van der Waals surface area contributed by atoms with Gasteiger partial charge < -0.3 is 15.0 Å². The number of hydrogen-bond acceptors (Lipinski definition) is 4. The quantitative estimate of drug-likeness (QED) is 0.789. The third-order valence-corrected chi connectivity index (χ3v) is 4.84. The van der Waals surface area contributed by atoms with E-state index in [-0.39, 0.29) is 5.97 Å². The third kappa shape index (κ3) is 3.11. The molecule has 4 heteroatoms. The summed E-state index contributed by atoms with van der Waals surface area (Å²) in [4.78, 5) is 14.8. The molecule has 0 amide bonds. The van der Waals surface area contributed by atoms with Gasteiger partial charge in [-0.05, 0) is 58.5 Å². The summed E-state index contributed by atoms with van der Waals surface area (Å²) in [5.74, 6) is 0.728. The summed E-state index contributed by atoms with van der Waals surface area (Å²) in [6.07, 6.45) is 5.54.